The lowest BCUT2D eigenvalue weighted by Gasteiger charge is -2.34. The van der Waals surface area contributed by atoms with E-state index >= 15 is 0 Å². The van der Waals surface area contributed by atoms with Crippen molar-refractivity contribution >= 4 is 33.2 Å². The van der Waals surface area contributed by atoms with E-state index in [0.717, 1.165) is 26.1 Å². The van der Waals surface area contributed by atoms with Gasteiger partial charge in [0.15, 0.2) is 0 Å². The van der Waals surface area contributed by atoms with E-state index in [1.165, 1.54) is 25.7 Å². The Labute approximate surface area is 160 Å². The van der Waals surface area contributed by atoms with Gasteiger partial charge in [-0.15, -0.1) is 0 Å². The van der Waals surface area contributed by atoms with Crippen LogP contribution in [0.25, 0.3) is 0 Å². The molecule has 0 amide bonds. The molecule has 0 bridgehead atoms. The fraction of sp³-hybridized carbons (Fsp3) is 0.647. The number of nitrogens with zero attached hydrogens (tertiary/aromatic N) is 1. The first kappa shape index (κ1) is 20.8. The van der Waals surface area contributed by atoms with Gasteiger partial charge in [0.05, 0.1) is 12.1 Å². The summed E-state index contributed by atoms with van der Waals surface area (Å²) in [6, 6.07) is 2.91. The van der Waals surface area contributed by atoms with Crippen molar-refractivity contribution in [2.24, 2.45) is 11.8 Å². The molecule has 1 aliphatic heterocycles. The molecule has 1 heterocycles. The summed E-state index contributed by atoms with van der Waals surface area (Å²) < 4.78 is 32.5. The standard InChI is InChI=1S/C17H26Cl2N2O3S/c1-12-9-13(2)11-21(10-12)8-4-7-20-25(22,23)15-6-5-14(24-3)16(18)17(15)19/h5-6,12-13,20H,4,7-11H2,1-3H3/t12-,13-/m1/s1. The predicted octanol–water partition coefficient (Wildman–Crippen LogP) is 3.65. The lowest BCUT2D eigenvalue weighted by Crippen LogP contribution is -2.40. The number of sulfonamides is 1. The molecule has 0 spiro atoms. The van der Waals surface area contributed by atoms with Gasteiger partial charge in [-0.3, -0.25) is 0 Å². The van der Waals surface area contributed by atoms with E-state index in [1.54, 1.807) is 0 Å². The average molecular weight is 409 g/mol. The summed E-state index contributed by atoms with van der Waals surface area (Å²) >= 11 is 12.1. The molecule has 8 heteroatoms. The van der Waals surface area contributed by atoms with Gasteiger partial charge in [-0.2, -0.15) is 0 Å². The number of nitrogens with one attached hydrogen (secondary N) is 1. The molecule has 1 aromatic carbocycles. The Morgan fingerprint density at radius 3 is 2.44 bits per heavy atom. The van der Waals surface area contributed by atoms with Crippen LogP contribution in [-0.2, 0) is 10.0 Å². The first-order chi connectivity index (χ1) is 11.7. The molecule has 5 nitrogen and oxygen atoms in total. The molecular formula is C17H26Cl2N2O3S. The van der Waals surface area contributed by atoms with Gasteiger partial charge in [0.25, 0.3) is 0 Å². The summed E-state index contributed by atoms with van der Waals surface area (Å²) in [6.07, 6.45) is 2.01. The van der Waals surface area contributed by atoms with Crippen molar-refractivity contribution in [3.63, 3.8) is 0 Å². The second-order valence-corrected chi connectivity index (χ2v) is 9.34. The number of hydrogen-bond acceptors (Lipinski definition) is 4. The molecule has 1 saturated heterocycles. The highest BCUT2D eigenvalue weighted by molar-refractivity contribution is 7.89. The second-order valence-electron chi connectivity index (χ2n) is 6.85. The lowest BCUT2D eigenvalue weighted by molar-refractivity contribution is 0.140. The van der Waals surface area contributed by atoms with Crippen LogP contribution in [-0.4, -0.2) is 46.6 Å². The predicted molar refractivity (Wildman–Crippen MR) is 102 cm³/mol. The molecule has 0 saturated carbocycles. The fourth-order valence-electron chi connectivity index (χ4n) is 3.44. The summed E-state index contributed by atoms with van der Waals surface area (Å²) in [5.74, 6) is 1.74. The summed E-state index contributed by atoms with van der Waals surface area (Å²) in [4.78, 5) is 2.38. The van der Waals surface area contributed by atoms with Gasteiger partial charge >= 0.3 is 0 Å². The minimum absolute atomic E-state index is 0.0211. The maximum absolute atomic E-state index is 12.5. The number of methoxy groups -OCH3 is 1. The molecule has 25 heavy (non-hydrogen) atoms. The Kier molecular flexibility index (Phi) is 7.40. The maximum Gasteiger partial charge on any atom is 0.242 e. The van der Waals surface area contributed by atoms with Crippen LogP contribution in [0.5, 0.6) is 5.75 Å². The normalized spacial score (nSPS) is 22.1. The number of benzene rings is 1. The molecule has 0 aliphatic carbocycles. The third kappa shape index (κ3) is 5.47. The van der Waals surface area contributed by atoms with Gasteiger partial charge in [0, 0.05) is 19.6 Å². The van der Waals surface area contributed by atoms with Crippen LogP contribution < -0.4 is 9.46 Å². The van der Waals surface area contributed by atoms with E-state index in [0.29, 0.717) is 24.1 Å². The lowest BCUT2D eigenvalue weighted by atomic mass is 9.92. The van der Waals surface area contributed by atoms with Crippen LogP contribution in [0.4, 0.5) is 0 Å². The Balaban J connectivity index is 1.91. The van der Waals surface area contributed by atoms with Crippen LogP contribution >= 0.6 is 23.2 Å². The van der Waals surface area contributed by atoms with Crippen molar-refractivity contribution in [3.8, 4) is 5.75 Å². The zero-order valence-electron chi connectivity index (χ0n) is 14.9. The average Bonchev–Trinajstić information content (AvgIpc) is 2.53. The molecule has 1 fully saturated rings. The van der Waals surface area contributed by atoms with Gasteiger partial charge < -0.3 is 9.64 Å². The topological polar surface area (TPSA) is 58.6 Å². The Morgan fingerprint density at radius 2 is 1.84 bits per heavy atom. The van der Waals surface area contributed by atoms with E-state index in [1.807, 2.05) is 0 Å². The molecule has 1 aliphatic rings. The maximum atomic E-state index is 12.5. The van der Waals surface area contributed by atoms with Crippen molar-refractivity contribution in [1.82, 2.24) is 9.62 Å². The highest BCUT2D eigenvalue weighted by atomic mass is 35.5. The molecule has 1 aromatic rings. The molecule has 1 N–H and O–H groups in total. The van der Waals surface area contributed by atoms with Gasteiger partial charge in [0.2, 0.25) is 10.0 Å². The Morgan fingerprint density at radius 1 is 1.20 bits per heavy atom. The van der Waals surface area contributed by atoms with Gasteiger partial charge in [-0.25, -0.2) is 13.1 Å². The van der Waals surface area contributed by atoms with Crippen molar-refractivity contribution in [2.75, 3.05) is 33.3 Å². The van der Waals surface area contributed by atoms with Gasteiger partial charge in [0.1, 0.15) is 15.7 Å². The van der Waals surface area contributed by atoms with Crippen molar-refractivity contribution < 1.29 is 13.2 Å². The first-order valence-electron chi connectivity index (χ1n) is 8.48. The molecule has 2 rings (SSSR count). The Hall–Kier alpha value is -0.530. The van der Waals surface area contributed by atoms with E-state index < -0.39 is 10.0 Å². The summed E-state index contributed by atoms with van der Waals surface area (Å²) in [6.45, 7) is 7.94. The van der Waals surface area contributed by atoms with Crippen LogP contribution in [0.15, 0.2) is 17.0 Å². The number of hydrogen-bond donors (Lipinski definition) is 1. The van der Waals surface area contributed by atoms with Crippen molar-refractivity contribution in [1.29, 1.82) is 0 Å². The molecule has 142 valence electrons. The number of rotatable bonds is 7. The van der Waals surface area contributed by atoms with Gasteiger partial charge in [-0.1, -0.05) is 37.0 Å². The van der Waals surface area contributed by atoms with E-state index in [2.05, 4.69) is 23.5 Å². The first-order valence-corrected chi connectivity index (χ1v) is 10.7. The summed E-state index contributed by atoms with van der Waals surface area (Å²) in [5.41, 5.74) is 0. The third-order valence-electron chi connectivity index (χ3n) is 4.41. The SMILES string of the molecule is COc1ccc(S(=O)(=O)NCCCN2C[C@H](C)C[C@@H](C)C2)c(Cl)c1Cl. The highest BCUT2D eigenvalue weighted by Gasteiger charge is 2.23. The van der Waals surface area contributed by atoms with Crippen molar-refractivity contribution in [3.05, 3.63) is 22.2 Å². The van der Waals surface area contributed by atoms with E-state index in [-0.39, 0.29) is 14.9 Å². The molecule has 2 atom stereocenters. The summed E-state index contributed by atoms with van der Waals surface area (Å²) in [7, 11) is -2.25. The minimum Gasteiger partial charge on any atom is -0.495 e. The molecular weight excluding hydrogens is 383 g/mol. The van der Waals surface area contributed by atoms with Crippen LogP contribution in [0.1, 0.15) is 26.7 Å². The summed E-state index contributed by atoms with van der Waals surface area (Å²) in [5, 5.41) is 0.0792. The van der Waals surface area contributed by atoms with E-state index in [4.69, 9.17) is 27.9 Å². The minimum atomic E-state index is -3.70. The third-order valence-corrected chi connectivity index (χ3v) is 6.89. The fourth-order valence-corrected chi connectivity index (χ4v) is 5.35. The van der Waals surface area contributed by atoms with Crippen LogP contribution in [0.3, 0.4) is 0 Å². The largest absolute Gasteiger partial charge is 0.495 e. The highest BCUT2D eigenvalue weighted by Crippen LogP contribution is 2.36. The molecule has 0 aromatic heterocycles. The quantitative estimate of drug-likeness (QED) is 0.699. The Bertz CT molecular complexity index is 687. The second kappa shape index (κ2) is 8.91. The zero-order chi connectivity index (χ0) is 18.6. The van der Waals surface area contributed by atoms with Crippen molar-refractivity contribution in [2.45, 2.75) is 31.6 Å². The zero-order valence-corrected chi connectivity index (χ0v) is 17.2. The number of piperidine rings is 1. The molecule has 0 radical (unpaired) electrons. The van der Waals surface area contributed by atoms with Gasteiger partial charge in [-0.05, 0) is 43.4 Å². The monoisotopic (exact) mass is 408 g/mol. The molecule has 0 unspecified atom stereocenters. The number of ether oxygens (including phenoxy) is 1. The smallest absolute Gasteiger partial charge is 0.242 e. The van der Waals surface area contributed by atoms with E-state index in [9.17, 15) is 8.42 Å². The number of halogens is 2. The van der Waals surface area contributed by atoms with Crippen LogP contribution in [0, 0.1) is 11.8 Å². The number of likely N-dealkylation sites (tertiary alicyclic amines) is 1. The van der Waals surface area contributed by atoms with Crippen LogP contribution in [0.2, 0.25) is 10.0 Å².